The summed E-state index contributed by atoms with van der Waals surface area (Å²) in [7, 11) is 0. The van der Waals surface area contributed by atoms with Crippen LogP contribution in [0.5, 0.6) is 11.6 Å². The SMILES string of the molecule is NC(=O)c1ccccc1Oc1nc(-c2cccnc2)nc2ccc(F)cc12. The number of hydrogen-bond donors (Lipinski definition) is 1. The molecule has 2 heterocycles. The van der Waals surface area contributed by atoms with Crippen molar-refractivity contribution in [2.24, 2.45) is 5.73 Å². The van der Waals surface area contributed by atoms with Gasteiger partial charge in [0, 0.05) is 18.0 Å². The molecular formula is C20H13FN4O2. The fourth-order valence-electron chi connectivity index (χ4n) is 2.64. The summed E-state index contributed by atoms with van der Waals surface area (Å²) in [4.78, 5) is 24.6. The second-order valence-electron chi connectivity index (χ2n) is 5.72. The van der Waals surface area contributed by atoms with Gasteiger partial charge < -0.3 is 10.5 Å². The van der Waals surface area contributed by atoms with Crippen molar-refractivity contribution in [2.75, 3.05) is 0 Å². The van der Waals surface area contributed by atoms with Crippen LogP contribution in [-0.4, -0.2) is 20.9 Å². The quantitative estimate of drug-likeness (QED) is 0.599. The Labute approximate surface area is 153 Å². The van der Waals surface area contributed by atoms with E-state index in [1.807, 2.05) is 0 Å². The van der Waals surface area contributed by atoms with Gasteiger partial charge in [0.15, 0.2) is 5.82 Å². The molecule has 4 aromatic rings. The van der Waals surface area contributed by atoms with E-state index in [0.717, 1.165) is 0 Å². The lowest BCUT2D eigenvalue weighted by Gasteiger charge is -2.12. The third-order valence-electron chi connectivity index (χ3n) is 3.90. The molecule has 2 N–H and O–H groups in total. The van der Waals surface area contributed by atoms with Crippen LogP contribution in [-0.2, 0) is 0 Å². The van der Waals surface area contributed by atoms with Crippen molar-refractivity contribution >= 4 is 16.8 Å². The van der Waals surface area contributed by atoms with Gasteiger partial charge in [-0.2, -0.15) is 4.98 Å². The highest BCUT2D eigenvalue weighted by molar-refractivity contribution is 5.96. The number of carbonyl (C=O) groups is 1. The summed E-state index contributed by atoms with van der Waals surface area (Å²) in [5, 5.41) is 0.377. The van der Waals surface area contributed by atoms with Crippen molar-refractivity contribution in [3.8, 4) is 23.0 Å². The predicted octanol–water partition coefficient (Wildman–Crippen LogP) is 3.72. The minimum Gasteiger partial charge on any atom is -0.437 e. The van der Waals surface area contributed by atoms with Crippen molar-refractivity contribution in [3.63, 3.8) is 0 Å². The second kappa shape index (κ2) is 6.80. The summed E-state index contributed by atoms with van der Waals surface area (Å²) >= 11 is 0. The zero-order chi connectivity index (χ0) is 18.8. The Morgan fingerprint density at radius 3 is 2.67 bits per heavy atom. The molecule has 2 aromatic carbocycles. The van der Waals surface area contributed by atoms with E-state index in [1.165, 1.54) is 12.1 Å². The van der Waals surface area contributed by atoms with Crippen LogP contribution in [0.1, 0.15) is 10.4 Å². The van der Waals surface area contributed by atoms with Gasteiger partial charge in [-0.05, 0) is 42.5 Å². The van der Waals surface area contributed by atoms with Gasteiger partial charge >= 0.3 is 0 Å². The first-order valence-corrected chi connectivity index (χ1v) is 8.06. The zero-order valence-corrected chi connectivity index (χ0v) is 14.0. The minimum absolute atomic E-state index is 0.118. The molecule has 0 aliphatic heterocycles. The molecule has 4 rings (SSSR count). The average Bonchev–Trinajstić information content (AvgIpc) is 2.69. The largest absolute Gasteiger partial charge is 0.437 e. The molecule has 0 unspecified atom stereocenters. The number of pyridine rings is 1. The number of benzene rings is 2. The smallest absolute Gasteiger partial charge is 0.252 e. The number of hydrogen-bond acceptors (Lipinski definition) is 5. The number of carbonyl (C=O) groups excluding carboxylic acids is 1. The van der Waals surface area contributed by atoms with Crippen molar-refractivity contribution in [3.05, 3.63) is 78.4 Å². The number of fused-ring (bicyclic) bond motifs is 1. The molecule has 0 aliphatic rings. The Morgan fingerprint density at radius 2 is 1.89 bits per heavy atom. The second-order valence-corrected chi connectivity index (χ2v) is 5.72. The molecule has 132 valence electrons. The molecule has 7 heteroatoms. The van der Waals surface area contributed by atoms with E-state index in [4.69, 9.17) is 10.5 Å². The van der Waals surface area contributed by atoms with E-state index in [9.17, 15) is 9.18 Å². The van der Waals surface area contributed by atoms with Crippen LogP contribution in [0.3, 0.4) is 0 Å². The molecule has 6 nitrogen and oxygen atoms in total. The Kier molecular flexibility index (Phi) is 4.18. The van der Waals surface area contributed by atoms with E-state index in [0.29, 0.717) is 22.3 Å². The number of ether oxygens (including phenoxy) is 1. The molecule has 1 amide bonds. The normalized spacial score (nSPS) is 10.7. The molecule has 0 aliphatic carbocycles. The van der Waals surface area contributed by atoms with Crippen molar-refractivity contribution in [1.82, 2.24) is 15.0 Å². The van der Waals surface area contributed by atoms with Gasteiger partial charge in [0.2, 0.25) is 5.88 Å². The summed E-state index contributed by atoms with van der Waals surface area (Å²) in [6.45, 7) is 0. The van der Waals surface area contributed by atoms with Crippen LogP contribution in [0.15, 0.2) is 67.0 Å². The molecule has 2 aromatic heterocycles. The summed E-state index contributed by atoms with van der Waals surface area (Å²) in [5.74, 6) is -0.372. The lowest BCUT2D eigenvalue weighted by Crippen LogP contribution is -2.12. The van der Waals surface area contributed by atoms with Crippen LogP contribution >= 0.6 is 0 Å². The standard InChI is InChI=1S/C20H13FN4O2/c21-13-7-8-16-15(10-13)20(25-19(24-16)12-4-3-9-23-11-12)27-17-6-2-1-5-14(17)18(22)26/h1-11H,(H2,22,26). The van der Waals surface area contributed by atoms with Gasteiger partial charge in [-0.25, -0.2) is 9.37 Å². The maximum Gasteiger partial charge on any atom is 0.252 e. The molecule has 0 atom stereocenters. The maximum absolute atomic E-state index is 13.8. The predicted molar refractivity (Wildman–Crippen MR) is 97.8 cm³/mol. The molecule has 0 bridgehead atoms. The molecule has 0 radical (unpaired) electrons. The zero-order valence-electron chi connectivity index (χ0n) is 14.0. The van der Waals surface area contributed by atoms with E-state index in [1.54, 1.807) is 54.9 Å². The Hall–Kier alpha value is -3.87. The number of rotatable bonds is 4. The lowest BCUT2D eigenvalue weighted by molar-refractivity contribution is 0.0998. The number of halogens is 1. The first kappa shape index (κ1) is 16.6. The number of amides is 1. The highest BCUT2D eigenvalue weighted by atomic mass is 19.1. The van der Waals surface area contributed by atoms with E-state index < -0.39 is 11.7 Å². The number of nitrogens with zero attached hydrogens (tertiary/aromatic N) is 3. The molecule has 0 spiro atoms. The molecule has 0 saturated heterocycles. The topological polar surface area (TPSA) is 91.0 Å². The number of nitrogens with two attached hydrogens (primary N) is 1. The van der Waals surface area contributed by atoms with Gasteiger partial charge in [0.1, 0.15) is 11.6 Å². The third kappa shape index (κ3) is 3.30. The summed E-state index contributed by atoms with van der Waals surface area (Å²) < 4.78 is 19.7. The number of para-hydroxylation sites is 1. The summed E-state index contributed by atoms with van der Waals surface area (Å²) in [6, 6.07) is 14.2. The van der Waals surface area contributed by atoms with E-state index in [-0.39, 0.29) is 17.2 Å². The van der Waals surface area contributed by atoms with Crippen molar-refractivity contribution in [1.29, 1.82) is 0 Å². The van der Waals surface area contributed by atoms with Crippen LogP contribution in [0, 0.1) is 5.82 Å². The summed E-state index contributed by atoms with van der Waals surface area (Å²) in [5.41, 5.74) is 6.78. The van der Waals surface area contributed by atoms with Gasteiger partial charge in [-0.3, -0.25) is 9.78 Å². The molecule has 0 saturated carbocycles. The molecule has 0 fully saturated rings. The van der Waals surface area contributed by atoms with Gasteiger partial charge in [0.05, 0.1) is 16.5 Å². The fraction of sp³-hybridized carbons (Fsp3) is 0. The van der Waals surface area contributed by atoms with Gasteiger partial charge in [-0.1, -0.05) is 12.1 Å². The minimum atomic E-state index is -0.636. The van der Waals surface area contributed by atoms with Crippen LogP contribution in [0.2, 0.25) is 0 Å². The van der Waals surface area contributed by atoms with E-state index >= 15 is 0 Å². The van der Waals surface area contributed by atoms with Crippen molar-refractivity contribution < 1.29 is 13.9 Å². The third-order valence-corrected chi connectivity index (χ3v) is 3.90. The maximum atomic E-state index is 13.8. The first-order valence-electron chi connectivity index (χ1n) is 8.06. The first-order chi connectivity index (χ1) is 13.1. The van der Waals surface area contributed by atoms with Crippen LogP contribution < -0.4 is 10.5 Å². The lowest BCUT2D eigenvalue weighted by atomic mass is 10.2. The van der Waals surface area contributed by atoms with E-state index in [2.05, 4.69) is 15.0 Å². The van der Waals surface area contributed by atoms with Crippen LogP contribution in [0.4, 0.5) is 4.39 Å². The van der Waals surface area contributed by atoms with Gasteiger partial charge in [-0.15, -0.1) is 0 Å². The Bertz CT molecular complexity index is 1150. The molecule has 27 heavy (non-hydrogen) atoms. The highest BCUT2D eigenvalue weighted by Crippen LogP contribution is 2.31. The Morgan fingerprint density at radius 1 is 1.04 bits per heavy atom. The molecular weight excluding hydrogens is 347 g/mol. The summed E-state index contributed by atoms with van der Waals surface area (Å²) in [6.07, 6.45) is 3.26. The number of aromatic nitrogens is 3. The highest BCUT2D eigenvalue weighted by Gasteiger charge is 2.15. The van der Waals surface area contributed by atoms with Crippen molar-refractivity contribution in [2.45, 2.75) is 0 Å². The van der Waals surface area contributed by atoms with Crippen LogP contribution in [0.25, 0.3) is 22.3 Å². The monoisotopic (exact) mass is 360 g/mol. The number of primary amides is 1. The fourth-order valence-corrected chi connectivity index (χ4v) is 2.64. The van der Waals surface area contributed by atoms with Gasteiger partial charge in [0.25, 0.3) is 5.91 Å². The Balaban J connectivity index is 1.91. The average molecular weight is 360 g/mol.